The predicted octanol–water partition coefficient (Wildman–Crippen LogP) is -0.844. The SMILES string of the molecule is NC(=O)C1CC(O)CN1S(=O)(=O)c1cc(N)c(F)cc1F. The number of carbonyl (C=O) groups excluding carboxylic acids is 1. The van der Waals surface area contributed by atoms with Crippen LogP contribution in [0, 0.1) is 11.6 Å². The summed E-state index contributed by atoms with van der Waals surface area (Å²) in [7, 11) is -4.48. The average Bonchev–Trinajstić information content (AvgIpc) is 2.76. The molecule has 7 nitrogen and oxygen atoms in total. The fourth-order valence-electron chi connectivity index (χ4n) is 2.18. The van der Waals surface area contributed by atoms with E-state index >= 15 is 0 Å². The Kier molecular flexibility index (Phi) is 3.87. The molecular weight excluding hydrogens is 308 g/mol. The summed E-state index contributed by atoms with van der Waals surface area (Å²) >= 11 is 0. The predicted molar refractivity (Wildman–Crippen MR) is 68.3 cm³/mol. The number of anilines is 1. The Hall–Kier alpha value is -1.78. The molecule has 0 saturated carbocycles. The van der Waals surface area contributed by atoms with E-state index in [9.17, 15) is 27.1 Å². The van der Waals surface area contributed by atoms with Crippen LogP contribution in [-0.4, -0.2) is 42.4 Å². The molecule has 2 atom stereocenters. The van der Waals surface area contributed by atoms with E-state index < -0.39 is 56.8 Å². The van der Waals surface area contributed by atoms with Gasteiger partial charge in [-0.2, -0.15) is 4.31 Å². The lowest BCUT2D eigenvalue weighted by atomic mass is 10.2. The van der Waals surface area contributed by atoms with E-state index in [-0.39, 0.29) is 6.42 Å². The van der Waals surface area contributed by atoms with Gasteiger partial charge >= 0.3 is 0 Å². The number of nitrogens with zero attached hydrogens (tertiary/aromatic N) is 1. The Balaban J connectivity index is 2.52. The van der Waals surface area contributed by atoms with E-state index in [1.54, 1.807) is 0 Å². The molecule has 116 valence electrons. The van der Waals surface area contributed by atoms with Gasteiger partial charge in [-0.25, -0.2) is 17.2 Å². The topological polar surface area (TPSA) is 127 Å². The van der Waals surface area contributed by atoms with E-state index in [0.717, 1.165) is 0 Å². The Morgan fingerprint density at radius 2 is 1.95 bits per heavy atom. The molecular formula is C11H13F2N3O4S. The van der Waals surface area contributed by atoms with Crippen LogP contribution in [0.4, 0.5) is 14.5 Å². The first kappa shape index (κ1) is 15.6. The molecule has 0 bridgehead atoms. The summed E-state index contributed by atoms with van der Waals surface area (Å²) in [6.45, 7) is -0.410. The van der Waals surface area contributed by atoms with Crippen molar-refractivity contribution in [2.24, 2.45) is 5.73 Å². The van der Waals surface area contributed by atoms with E-state index in [1.807, 2.05) is 0 Å². The van der Waals surface area contributed by atoms with E-state index in [4.69, 9.17) is 11.5 Å². The Bertz CT molecular complexity index is 695. The molecule has 1 aromatic carbocycles. The number of aliphatic hydroxyl groups excluding tert-OH is 1. The molecule has 0 radical (unpaired) electrons. The van der Waals surface area contributed by atoms with Gasteiger partial charge in [-0.05, 0) is 6.07 Å². The minimum Gasteiger partial charge on any atom is -0.396 e. The fourth-order valence-corrected chi connectivity index (χ4v) is 3.90. The Morgan fingerprint density at radius 1 is 1.33 bits per heavy atom. The molecule has 1 fully saturated rings. The Morgan fingerprint density at radius 3 is 2.52 bits per heavy atom. The summed E-state index contributed by atoms with van der Waals surface area (Å²) < 4.78 is 52.2. The minimum absolute atomic E-state index is 0.188. The number of amides is 1. The minimum atomic E-state index is -4.48. The van der Waals surface area contributed by atoms with Gasteiger partial charge in [-0.3, -0.25) is 4.79 Å². The molecule has 2 rings (SSSR count). The zero-order chi connectivity index (χ0) is 15.9. The zero-order valence-corrected chi connectivity index (χ0v) is 11.5. The van der Waals surface area contributed by atoms with E-state index in [2.05, 4.69) is 0 Å². The van der Waals surface area contributed by atoms with Crippen molar-refractivity contribution in [2.75, 3.05) is 12.3 Å². The number of nitrogen functional groups attached to an aromatic ring is 1. The number of primary amides is 1. The molecule has 0 aromatic heterocycles. The zero-order valence-electron chi connectivity index (χ0n) is 10.7. The first-order chi connectivity index (χ1) is 9.64. The maximum absolute atomic E-state index is 13.7. The van der Waals surface area contributed by atoms with E-state index in [0.29, 0.717) is 16.4 Å². The van der Waals surface area contributed by atoms with Gasteiger partial charge in [0.15, 0.2) is 0 Å². The van der Waals surface area contributed by atoms with Gasteiger partial charge in [0, 0.05) is 19.0 Å². The highest BCUT2D eigenvalue weighted by molar-refractivity contribution is 7.89. The van der Waals surface area contributed by atoms with Gasteiger partial charge in [0.2, 0.25) is 15.9 Å². The third-order valence-electron chi connectivity index (χ3n) is 3.20. The number of nitrogens with two attached hydrogens (primary N) is 2. The van der Waals surface area contributed by atoms with Crippen LogP contribution in [0.2, 0.25) is 0 Å². The second-order valence-corrected chi connectivity index (χ2v) is 6.55. The van der Waals surface area contributed by atoms with Crippen LogP contribution in [0.15, 0.2) is 17.0 Å². The lowest BCUT2D eigenvalue weighted by molar-refractivity contribution is -0.121. The van der Waals surface area contributed by atoms with Crippen LogP contribution in [0.5, 0.6) is 0 Å². The number of halogens is 2. The first-order valence-electron chi connectivity index (χ1n) is 5.88. The normalized spacial score (nSPS) is 23.4. The van der Waals surface area contributed by atoms with Crippen molar-refractivity contribution >= 4 is 21.6 Å². The summed E-state index contributed by atoms with van der Waals surface area (Å²) in [5.41, 5.74) is 9.77. The fraction of sp³-hybridized carbons (Fsp3) is 0.364. The van der Waals surface area contributed by atoms with Gasteiger partial charge in [0.05, 0.1) is 11.8 Å². The van der Waals surface area contributed by atoms with Crippen LogP contribution >= 0.6 is 0 Å². The highest BCUT2D eigenvalue weighted by atomic mass is 32.2. The number of hydrogen-bond donors (Lipinski definition) is 3. The lowest BCUT2D eigenvalue weighted by Crippen LogP contribution is -2.43. The molecule has 2 unspecified atom stereocenters. The number of rotatable bonds is 3. The second-order valence-electron chi connectivity index (χ2n) is 4.69. The molecule has 1 amide bonds. The first-order valence-corrected chi connectivity index (χ1v) is 7.32. The summed E-state index contributed by atoms with van der Waals surface area (Å²) in [5, 5.41) is 9.50. The molecule has 1 aromatic rings. The van der Waals surface area contributed by atoms with Gasteiger partial charge in [0.1, 0.15) is 22.6 Å². The van der Waals surface area contributed by atoms with Gasteiger partial charge in [0.25, 0.3) is 0 Å². The third-order valence-corrected chi connectivity index (χ3v) is 5.09. The monoisotopic (exact) mass is 321 g/mol. The molecule has 0 spiro atoms. The molecule has 1 aliphatic heterocycles. The quantitative estimate of drug-likeness (QED) is 0.625. The molecule has 1 saturated heterocycles. The maximum Gasteiger partial charge on any atom is 0.246 e. The average molecular weight is 321 g/mol. The van der Waals surface area contributed by atoms with Crippen molar-refractivity contribution in [2.45, 2.75) is 23.5 Å². The van der Waals surface area contributed by atoms with Crippen molar-refractivity contribution in [3.63, 3.8) is 0 Å². The molecule has 5 N–H and O–H groups in total. The van der Waals surface area contributed by atoms with Crippen LogP contribution in [0.25, 0.3) is 0 Å². The standard InChI is InChI=1S/C11H13F2N3O4S/c12-6-2-7(13)10(3-8(6)14)21(19,20)16-4-5(17)1-9(16)11(15)18/h2-3,5,9,17H,1,4,14H2,(H2,15,18). The number of carbonyl (C=O) groups is 1. The van der Waals surface area contributed by atoms with Crippen LogP contribution in [-0.2, 0) is 14.8 Å². The summed E-state index contributed by atoms with van der Waals surface area (Å²) in [5.74, 6) is -3.41. The van der Waals surface area contributed by atoms with Crippen molar-refractivity contribution in [3.8, 4) is 0 Å². The lowest BCUT2D eigenvalue weighted by Gasteiger charge is -2.21. The largest absolute Gasteiger partial charge is 0.396 e. The number of benzene rings is 1. The second kappa shape index (κ2) is 5.20. The van der Waals surface area contributed by atoms with E-state index in [1.165, 1.54) is 0 Å². The highest BCUT2D eigenvalue weighted by Crippen LogP contribution is 2.29. The van der Waals surface area contributed by atoms with Gasteiger partial charge in [-0.1, -0.05) is 0 Å². The van der Waals surface area contributed by atoms with Gasteiger partial charge < -0.3 is 16.6 Å². The van der Waals surface area contributed by atoms with Crippen molar-refractivity contribution in [3.05, 3.63) is 23.8 Å². The number of sulfonamides is 1. The summed E-state index contributed by atoms with van der Waals surface area (Å²) in [6.07, 6.45) is -1.29. The molecule has 21 heavy (non-hydrogen) atoms. The van der Waals surface area contributed by atoms with Crippen LogP contribution in [0.3, 0.4) is 0 Å². The van der Waals surface area contributed by atoms with Crippen molar-refractivity contribution in [1.29, 1.82) is 0 Å². The van der Waals surface area contributed by atoms with Crippen LogP contribution in [0.1, 0.15) is 6.42 Å². The number of β-amino-alcohol motifs (C(OH)–C–C–N with tert-alkyl or cyclic N) is 1. The molecule has 1 heterocycles. The molecule has 10 heteroatoms. The van der Waals surface area contributed by atoms with Crippen molar-refractivity contribution in [1.82, 2.24) is 4.31 Å². The summed E-state index contributed by atoms with van der Waals surface area (Å²) in [4.78, 5) is 10.4. The Labute approximate surface area is 119 Å². The van der Waals surface area contributed by atoms with Gasteiger partial charge in [-0.15, -0.1) is 0 Å². The number of hydrogen-bond acceptors (Lipinski definition) is 5. The molecule has 0 aliphatic carbocycles. The van der Waals surface area contributed by atoms with Crippen molar-refractivity contribution < 1.29 is 27.1 Å². The summed E-state index contributed by atoms with van der Waals surface area (Å²) in [6, 6.07) is -0.327. The third kappa shape index (κ3) is 2.69. The molecule has 1 aliphatic rings. The highest BCUT2D eigenvalue weighted by Gasteiger charge is 2.43. The maximum atomic E-state index is 13.7. The van der Waals surface area contributed by atoms with Crippen LogP contribution < -0.4 is 11.5 Å². The number of aliphatic hydroxyl groups is 1. The smallest absolute Gasteiger partial charge is 0.246 e.